The third-order valence-electron chi connectivity index (χ3n) is 8.32. The van der Waals surface area contributed by atoms with Crippen LogP contribution < -0.4 is 0 Å². The van der Waals surface area contributed by atoms with Crippen LogP contribution >= 0.6 is 0 Å². The molecule has 4 atom stereocenters. The summed E-state index contributed by atoms with van der Waals surface area (Å²) in [4.78, 5) is 0. The minimum absolute atomic E-state index is 0.433. The van der Waals surface area contributed by atoms with Crippen LogP contribution in [-0.2, 0) is 0 Å². The second-order valence-corrected chi connectivity index (χ2v) is 9.85. The molecule has 4 rings (SSSR count). The van der Waals surface area contributed by atoms with Gasteiger partial charge in [-0.05, 0) is 105 Å². The fourth-order valence-corrected chi connectivity index (χ4v) is 6.78. The number of hydrogen-bond acceptors (Lipinski definition) is 0. The van der Waals surface area contributed by atoms with Crippen LogP contribution in [0.1, 0.15) is 95.5 Å². The van der Waals surface area contributed by atoms with E-state index in [1.807, 2.05) is 6.07 Å². The molecular weight excluding hydrogens is 338 g/mol. The summed E-state index contributed by atoms with van der Waals surface area (Å²) in [5, 5.41) is 0. The Balaban J connectivity index is 1.31. The van der Waals surface area contributed by atoms with Crippen molar-refractivity contribution in [3.63, 3.8) is 0 Å². The summed E-state index contributed by atoms with van der Waals surface area (Å²) in [7, 11) is 0. The molecule has 3 aliphatic carbocycles. The van der Waals surface area contributed by atoms with Crippen LogP contribution in [0.3, 0.4) is 0 Å². The van der Waals surface area contributed by atoms with Crippen LogP contribution in [0.5, 0.6) is 0 Å². The quantitative estimate of drug-likeness (QED) is 0.503. The summed E-state index contributed by atoms with van der Waals surface area (Å²) in [6, 6.07) is 4.56. The standard InChI is InChI=1S/C25H36F2/c1-2-3-17-4-6-18(7-5-17)19-8-9-21-15-22(11-10-20(21)14-19)23-12-13-24(26)25(27)16-23/h12-13,16-22H,2-11,14-15H2,1H3/t17?,18?,19-,20-,21-,22-/m1/s1. The highest BCUT2D eigenvalue weighted by Gasteiger charge is 2.39. The molecule has 3 saturated carbocycles. The van der Waals surface area contributed by atoms with Crippen molar-refractivity contribution in [1.82, 2.24) is 0 Å². The van der Waals surface area contributed by atoms with Crippen molar-refractivity contribution in [3.05, 3.63) is 35.4 Å². The van der Waals surface area contributed by atoms with Crippen LogP contribution in [0.15, 0.2) is 18.2 Å². The van der Waals surface area contributed by atoms with Gasteiger partial charge >= 0.3 is 0 Å². The monoisotopic (exact) mass is 374 g/mol. The molecule has 0 amide bonds. The molecule has 3 fully saturated rings. The summed E-state index contributed by atoms with van der Waals surface area (Å²) >= 11 is 0. The van der Waals surface area contributed by atoms with Crippen molar-refractivity contribution in [2.75, 3.05) is 0 Å². The molecule has 0 saturated heterocycles. The van der Waals surface area contributed by atoms with Crippen LogP contribution in [0.25, 0.3) is 0 Å². The maximum atomic E-state index is 13.6. The SMILES string of the molecule is CCCC1CCC([C@@H]2CC[C@@H]3C[C@H](c4ccc(F)c(F)c4)CC[C@@H]3C2)CC1. The first-order valence-electron chi connectivity index (χ1n) is 11.6. The Bertz CT molecular complexity index is 617. The van der Waals surface area contributed by atoms with Gasteiger partial charge in [0.05, 0.1) is 0 Å². The number of hydrogen-bond donors (Lipinski definition) is 0. The van der Waals surface area contributed by atoms with E-state index < -0.39 is 11.6 Å². The molecule has 2 heteroatoms. The fourth-order valence-electron chi connectivity index (χ4n) is 6.78. The first kappa shape index (κ1) is 19.4. The van der Waals surface area contributed by atoms with Crippen LogP contribution in [0, 0.1) is 41.2 Å². The van der Waals surface area contributed by atoms with Gasteiger partial charge in [0.2, 0.25) is 0 Å². The zero-order chi connectivity index (χ0) is 18.8. The zero-order valence-corrected chi connectivity index (χ0v) is 16.9. The summed E-state index contributed by atoms with van der Waals surface area (Å²) in [6.07, 6.45) is 16.5. The van der Waals surface area contributed by atoms with Gasteiger partial charge in [0.25, 0.3) is 0 Å². The Labute approximate surface area is 164 Å². The van der Waals surface area contributed by atoms with Crippen LogP contribution in [0.4, 0.5) is 8.78 Å². The van der Waals surface area contributed by atoms with Gasteiger partial charge in [-0.1, -0.05) is 38.7 Å². The topological polar surface area (TPSA) is 0 Å². The molecule has 0 N–H and O–H groups in total. The van der Waals surface area contributed by atoms with Gasteiger partial charge in [-0.15, -0.1) is 0 Å². The van der Waals surface area contributed by atoms with Gasteiger partial charge in [-0.3, -0.25) is 0 Å². The largest absolute Gasteiger partial charge is 0.204 e. The maximum Gasteiger partial charge on any atom is 0.159 e. The van der Waals surface area contributed by atoms with E-state index in [0.717, 1.165) is 41.6 Å². The van der Waals surface area contributed by atoms with E-state index in [-0.39, 0.29) is 0 Å². The summed E-state index contributed by atoms with van der Waals surface area (Å²) in [5.41, 5.74) is 1.02. The molecule has 150 valence electrons. The number of rotatable bonds is 4. The molecule has 0 heterocycles. The lowest BCUT2D eigenvalue weighted by atomic mass is 9.60. The van der Waals surface area contributed by atoms with Gasteiger partial charge in [0.1, 0.15) is 0 Å². The van der Waals surface area contributed by atoms with Gasteiger partial charge in [-0.25, -0.2) is 8.78 Å². The molecular formula is C25H36F2. The highest BCUT2D eigenvalue weighted by atomic mass is 19.2. The minimum atomic E-state index is -0.721. The Kier molecular flexibility index (Phi) is 6.19. The first-order chi connectivity index (χ1) is 13.1. The lowest BCUT2D eigenvalue weighted by Gasteiger charge is -2.45. The molecule has 3 aliphatic rings. The summed E-state index contributed by atoms with van der Waals surface area (Å²) < 4.78 is 26.9. The molecule has 0 aliphatic heterocycles. The van der Waals surface area contributed by atoms with Crippen LogP contribution in [0.2, 0.25) is 0 Å². The highest BCUT2D eigenvalue weighted by molar-refractivity contribution is 5.22. The van der Waals surface area contributed by atoms with Gasteiger partial charge < -0.3 is 0 Å². The number of benzene rings is 1. The van der Waals surface area contributed by atoms with Crippen molar-refractivity contribution in [3.8, 4) is 0 Å². The molecule has 1 aromatic carbocycles. The Hall–Kier alpha value is -0.920. The van der Waals surface area contributed by atoms with Gasteiger partial charge in [-0.2, -0.15) is 0 Å². The highest BCUT2D eigenvalue weighted by Crippen LogP contribution is 2.51. The molecule has 0 unspecified atom stereocenters. The minimum Gasteiger partial charge on any atom is -0.204 e. The predicted octanol–water partition coefficient (Wildman–Crippen LogP) is 7.87. The Morgan fingerprint density at radius 1 is 0.741 bits per heavy atom. The second kappa shape index (κ2) is 8.62. The van der Waals surface area contributed by atoms with Crippen molar-refractivity contribution in [2.45, 2.75) is 89.9 Å². The fraction of sp³-hybridized carbons (Fsp3) is 0.760. The predicted molar refractivity (Wildman–Crippen MR) is 108 cm³/mol. The summed E-state index contributed by atoms with van der Waals surface area (Å²) in [6.45, 7) is 2.32. The van der Waals surface area contributed by atoms with E-state index in [0.29, 0.717) is 5.92 Å². The van der Waals surface area contributed by atoms with E-state index in [1.54, 1.807) is 0 Å². The van der Waals surface area contributed by atoms with E-state index in [4.69, 9.17) is 0 Å². The number of halogens is 2. The Morgan fingerprint density at radius 3 is 2.07 bits per heavy atom. The lowest BCUT2D eigenvalue weighted by molar-refractivity contribution is 0.0711. The molecule has 0 spiro atoms. The van der Waals surface area contributed by atoms with Crippen molar-refractivity contribution >= 4 is 0 Å². The third kappa shape index (κ3) is 4.40. The number of fused-ring (bicyclic) bond motifs is 1. The molecule has 1 aromatic rings. The molecule has 0 nitrogen and oxygen atoms in total. The molecule has 0 bridgehead atoms. The average Bonchev–Trinajstić information content (AvgIpc) is 2.70. The van der Waals surface area contributed by atoms with Crippen LogP contribution in [-0.4, -0.2) is 0 Å². The molecule has 27 heavy (non-hydrogen) atoms. The van der Waals surface area contributed by atoms with E-state index >= 15 is 0 Å². The lowest BCUT2D eigenvalue weighted by Crippen LogP contribution is -2.34. The second-order valence-electron chi connectivity index (χ2n) is 9.85. The van der Waals surface area contributed by atoms with E-state index in [9.17, 15) is 8.78 Å². The molecule has 0 radical (unpaired) electrons. The van der Waals surface area contributed by atoms with Gasteiger partial charge in [0.15, 0.2) is 11.6 Å². The summed E-state index contributed by atoms with van der Waals surface area (Å²) in [5.74, 6) is 3.69. The maximum absolute atomic E-state index is 13.6. The zero-order valence-electron chi connectivity index (χ0n) is 16.9. The molecule has 0 aromatic heterocycles. The Morgan fingerprint density at radius 2 is 1.37 bits per heavy atom. The van der Waals surface area contributed by atoms with Crippen molar-refractivity contribution < 1.29 is 8.78 Å². The van der Waals surface area contributed by atoms with Gasteiger partial charge in [0, 0.05) is 0 Å². The van der Waals surface area contributed by atoms with E-state index in [1.165, 1.54) is 82.8 Å². The average molecular weight is 375 g/mol. The third-order valence-corrected chi connectivity index (χ3v) is 8.32. The van der Waals surface area contributed by atoms with Crippen molar-refractivity contribution in [1.29, 1.82) is 0 Å². The van der Waals surface area contributed by atoms with E-state index in [2.05, 4.69) is 6.92 Å². The first-order valence-corrected chi connectivity index (χ1v) is 11.6. The normalized spacial score (nSPS) is 37.0. The smallest absolute Gasteiger partial charge is 0.159 e. The van der Waals surface area contributed by atoms with Crippen molar-refractivity contribution in [2.24, 2.45) is 29.6 Å².